The molecule has 1 atom stereocenters. The lowest BCUT2D eigenvalue weighted by atomic mass is 9.98. The Kier molecular flexibility index (Phi) is 6.66. The van der Waals surface area contributed by atoms with Crippen LogP contribution in [0.25, 0.3) is 0 Å². The van der Waals surface area contributed by atoms with Gasteiger partial charge >= 0.3 is 0 Å². The molecule has 1 aliphatic rings. The van der Waals surface area contributed by atoms with E-state index < -0.39 is 15.9 Å². The number of anilines is 1. The van der Waals surface area contributed by atoms with Crippen molar-refractivity contribution >= 4 is 27.5 Å². The van der Waals surface area contributed by atoms with Crippen molar-refractivity contribution in [2.24, 2.45) is 5.92 Å². The van der Waals surface area contributed by atoms with Crippen molar-refractivity contribution in [1.82, 2.24) is 9.62 Å². The molecule has 0 bridgehead atoms. The minimum atomic E-state index is -3.33. The molecule has 1 saturated heterocycles. The number of carbonyl (C=O) groups excluding carboxylic acids is 2. The van der Waals surface area contributed by atoms with Crippen LogP contribution in [0.5, 0.6) is 0 Å². The zero-order chi connectivity index (χ0) is 20.9. The first-order valence-corrected chi connectivity index (χ1v) is 11.4. The Balaban J connectivity index is 1.67. The molecule has 1 fully saturated rings. The quantitative estimate of drug-likeness (QED) is 0.756. The standard InChI is InChI=1S/C21H25N3O4S/c1-29(27,28)24-13-7-10-17(15-24)20(25)23-19-12-6-5-11-18(19)21(26)22-14-16-8-3-2-4-9-16/h2-6,8-9,11-12,17H,7,10,13-15H2,1H3,(H,22,26)(H,23,25). The van der Waals surface area contributed by atoms with Gasteiger partial charge in [0.25, 0.3) is 5.91 Å². The second-order valence-electron chi connectivity index (χ2n) is 7.16. The van der Waals surface area contributed by atoms with Crippen LogP contribution in [0.2, 0.25) is 0 Å². The van der Waals surface area contributed by atoms with Gasteiger partial charge in [-0.15, -0.1) is 0 Å². The lowest BCUT2D eigenvalue weighted by molar-refractivity contribution is -0.120. The number of sulfonamides is 1. The lowest BCUT2D eigenvalue weighted by Gasteiger charge is -2.30. The van der Waals surface area contributed by atoms with E-state index in [9.17, 15) is 18.0 Å². The number of nitrogens with one attached hydrogen (secondary N) is 2. The number of para-hydroxylation sites is 1. The summed E-state index contributed by atoms with van der Waals surface area (Å²) in [5.41, 5.74) is 1.76. The summed E-state index contributed by atoms with van der Waals surface area (Å²) in [4.78, 5) is 25.4. The van der Waals surface area contributed by atoms with Gasteiger partial charge in [0.1, 0.15) is 0 Å². The molecule has 0 saturated carbocycles. The molecular weight excluding hydrogens is 390 g/mol. The van der Waals surface area contributed by atoms with Crippen LogP contribution in [0, 0.1) is 5.92 Å². The number of piperidine rings is 1. The third-order valence-corrected chi connectivity index (χ3v) is 6.22. The van der Waals surface area contributed by atoms with Gasteiger partial charge in [-0.05, 0) is 30.5 Å². The normalized spacial score (nSPS) is 17.5. The Hall–Kier alpha value is -2.71. The van der Waals surface area contributed by atoms with E-state index in [-0.39, 0.29) is 18.4 Å². The largest absolute Gasteiger partial charge is 0.348 e. The molecule has 7 nitrogen and oxygen atoms in total. The first-order chi connectivity index (χ1) is 13.8. The second-order valence-corrected chi connectivity index (χ2v) is 9.15. The number of benzene rings is 2. The highest BCUT2D eigenvalue weighted by atomic mass is 32.2. The predicted molar refractivity (Wildman–Crippen MR) is 112 cm³/mol. The summed E-state index contributed by atoms with van der Waals surface area (Å²) in [6, 6.07) is 16.4. The van der Waals surface area contributed by atoms with E-state index in [4.69, 9.17) is 0 Å². The van der Waals surface area contributed by atoms with Crippen LogP contribution in [0.4, 0.5) is 5.69 Å². The number of amides is 2. The van der Waals surface area contributed by atoms with Crippen LogP contribution < -0.4 is 10.6 Å². The van der Waals surface area contributed by atoms with Crippen molar-refractivity contribution in [2.45, 2.75) is 19.4 Å². The molecule has 3 rings (SSSR count). The van der Waals surface area contributed by atoms with Crippen molar-refractivity contribution in [3.63, 3.8) is 0 Å². The third-order valence-electron chi connectivity index (χ3n) is 4.95. The fourth-order valence-electron chi connectivity index (χ4n) is 3.36. The maximum Gasteiger partial charge on any atom is 0.253 e. The van der Waals surface area contributed by atoms with E-state index in [1.165, 1.54) is 4.31 Å². The second kappa shape index (κ2) is 9.19. The van der Waals surface area contributed by atoms with Crippen molar-refractivity contribution in [3.05, 3.63) is 65.7 Å². The molecule has 0 spiro atoms. The number of hydrogen-bond donors (Lipinski definition) is 2. The summed E-state index contributed by atoms with van der Waals surface area (Å²) in [5, 5.41) is 5.67. The van der Waals surface area contributed by atoms with E-state index in [0.717, 1.165) is 11.8 Å². The van der Waals surface area contributed by atoms with E-state index in [0.29, 0.717) is 37.2 Å². The van der Waals surface area contributed by atoms with Gasteiger partial charge < -0.3 is 10.6 Å². The summed E-state index contributed by atoms with van der Waals surface area (Å²) in [7, 11) is -3.33. The van der Waals surface area contributed by atoms with Crippen molar-refractivity contribution < 1.29 is 18.0 Å². The fraction of sp³-hybridized carbons (Fsp3) is 0.333. The van der Waals surface area contributed by atoms with Crippen LogP contribution in [-0.4, -0.2) is 43.9 Å². The monoisotopic (exact) mass is 415 g/mol. The fourth-order valence-corrected chi connectivity index (χ4v) is 4.27. The third kappa shape index (κ3) is 5.65. The highest BCUT2D eigenvalue weighted by Crippen LogP contribution is 2.22. The van der Waals surface area contributed by atoms with Gasteiger partial charge in [0.05, 0.1) is 23.4 Å². The molecule has 8 heteroatoms. The van der Waals surface area contributed by atoms with Crippen LogP contribution in [0.3, 0.4) is 0 Å². The summed E-state index contributed by atoms with van der Waals surface area (Å²) < 4.78 is 24.9. The molecule has 2 aromatic carbocycles. The average Bonchev–Trinajstić information content (AvgIpc) is 2.72. The lowest BCUT2D eigenvalue weighted by Crippen LogP contribution is -2.43. The SMILES string of the molecule is CS(=O)(=O)N1CCCC(C(=O)Nc2ccccc2C(=O)NCc2ccccc2)C1. The molecule has 2 amide bonds. The molecule has 1 unspecified atom stereocenters. The van der Waals surface area contributed by atoms with Crippen molar-refractivity contribution in [2.75, 3.05) is 24.7 Å². The Bertz CT molecular complexity index is 976. The van der Waals surface area contributed by atoms with Gasteiger partial charge in [-0.3, -0.25) is 9.59 Å². The van der Waals surface area contributed by atoms with Gasteiger partial charge in [0.2, 0.25) is 15.9 Å². The molecule has 1 aliphatic heterocycles. The predicted octanol–water partition coefficient (Wildman–Crippen LogP) is 2.23. The van der Waals surface area contributed by atoms with Gasteiger partial charge in [0.15, 0.2) is 0 Å². The molecule has 154 valence electrons. The van der Waals surface area contributed by atoms with Gasteiger partial charge in [-0.25, -0.2) is 12.7 Å². The number of nitrogens with zero attached hydrogens (tertiary/aromatic N) is 1. The summed E-state index contributed by atoms with van der Waals surface area (Å²) in [5.74, 6) is -1.01. The van der Waals surface area contributed by atoms with Gasteiger partial charge in [-0.2, -0.15) is 0 Å². The smallest absolute Gasteiger partial charge is 0.253 e. The van der Waals surface area contributed by atoms with E-state index in [1.807, 2.05) is 30.3 Å². The maximum atomic E-state index is 12.7. The molecule has 29 heavy (non-hydrogen) atoms. The minimum Gasteiger partial charge on any atom is -0.348 e. The molecule has 0 aromatic heterocycles. The van der Waals surface area contributed by atoms with E-state index >= 15 is 0 Å². The van der Waals surface area contributed by atoms with Crippen LogP contribution in [-0.2, 0) is 21.4 Å². The van der Waals surface area contributed by atoms with Gasteiger partial charge in [0, 0.05) is 19.6 Å². The molecule has 0 aliphatic carbocycles. The Morgan fingerprint density at radius 3 is 2.48 bits per heavy atom. The molecule has 2 aromatic rings. The summed E-state index contributed by atoms with van der Waals surface area (Å²) >= 11 is 0. The van der Waals surface area contributed by atoms with Crippen LogP contribution in [0.1, 0.15) is 28.8 Å². The Morgan fingerprint density at radius 1 is 1.07 bits per heavy atom. The maximum absolute atomic E-state index is 12.7. The van der Waals surface area contributed by atoms with Gasteiger partial charge in [-0.1, -0.05) is 42.5 Å². The van der Waals surface area contributed by atoms with Crippen LogP contribution in [0.15, 0.2) is 54.6 Å². The number of carbonyl (C=O) groups is 2. The highest BCUT2D eigenvalue weighted by molar-refractivity contribution is 7.88. The zero-order valence-electron chi connectivity index (χ0n) is 16.3. The Morgan fingerprint density at radius 2 is 1.76 bits per heavy atom. The number of hydrogen-bond acceptors (Lipinski definition) is 4. The molecule has 1 heterocycles. The first kappa shape index (κ1) is 21.0. The summed E-state index contributed by atoms with van der Waals surface area (Å²) in [6.45, 7) is 0.974. The first-order valence-electron chi connectivity index (χ1n) is 9.52. The highest BCUT2D eigenvalue weighted by Gasteiger charge is 2.30. The minimum absolute atomic E-state index is 0.160. The molecular formula is C21H25N3O4S. The Labute approximate surface area is 171 Å². The van der Waals surface area contributed by atoms with E-state index in [2.05, 4.69) is 10.6 Å². The summed E-state index contributed by atoms with van der Waals surface area (Å²) in [6.07, 6.45) is 2.39. The van der Waals surface area contributed by atoms with Crippen molar-refractivity contribution in [1.29, 1.82) is 0 Å². The molecule has 2 N–H and O–H groups in total. The van der Waals surface area contributed by atoms with Crippen molar-refractivity contribution in [3.8, 4) is 0 Å². The zero-order valence-corrected chi connectivity index (χ0v) is 17.1. The topological polar surface area (TPSA) is 95.6 Å². The molecule has 0 radical (unpaired) electrons. The number of rotatable bonds is 6. The van der Waals surface area contributed by atoms with Crippen LogP contribution >= 0.6 is 0 Å². The van der Waals surface area contributed by atoms with E-state index in [1.54, 1.807) is 24.3 Å². The average molecular weight is 416 g/mol.